The molecule has 2 aromatic rings. The van der Waals surface area contributed by atoms with Crippen molar-refractivity contribution in [2.45, 2.75) is 52.2 Å². The van der Waals surface area contributed by atoms with Gasteiger partial charge in [0.05, 0.1) is 11.7 Å². The van der Waals surface area contributed by atoms with Crippen LogP contribution in [0, 0.1) is 13.8 Å². The van der Waals surface area contributed by atoms with Crippen molar-refractivity contribution in [2.75, 3.05) is 6.54 Å². The van der Waals surface area contributed by atoms with Gasteiger partial charge in [0.15, 0.2) is 5.82 Å². The van der Waals surface area contributed by atoms with Gasteiger partial charge < -0.3 is 14.7 Å². The molecular formula is C16H24N6O2. The lowest BCUT2D eigenvalue weighted by Gasteiger charge is -2.23. The van der Waals surface area contributed by atoms with Crippen molar-refractivity contribution in [1.82, 2.24) is 30.1 Å². The molecule has 8 heteroatoms. The minimum Gasteiger partial charge on any atom is -0.337 e. The number of likely N-dealkylation sites (tertiary alicyclic amines) is 1. The second kappa shape index (κ2) is 7.12. The molecule has 3 heterocycles. The van der Waals surface area contributed by atoms with Crippen molar-refractivity contribution in [3.8, 4) is 0 Å². The molecule has 0 saturated carbocycles. The predicted molar refractivity (Wildman–Crippen MR) is 86.9 cm³/mol. The maximum Gasteiger partial charge on any atom is 0.246 e. The third kappa shape index (κ3) is 3.81. The van der Waals surface area contributed by atoms with Gasteiger partial charge in [-0.3, -0.25) is 9.48 Å². The zero-order valence-corrected chi connectivity index (χ0v) is 14.4. The van der Waals surface area contributed by atoms with E-state index in [1.165, 1.54) is 0 Å². The van der Waals surface area contributed by atoms with Crippen molar-refractivity contribution in [2.24, 2.45) is 7.05 Å². The summed E-state index contributed by atoms with van der Waals surface area (Å²) < 4.78 is 6.95. The fraction of sp³-hybridized carbons (Fsp3) is 0.625. The first-order chi connectivity index (χ1) is 11.5. The summed E-state index contributed by atoms with van der Waals surface area (Å²) in [4.78, 5) is 18.8. The molecule has 1 unspecified atom stereocenters. The van der Waals surface area contributed by atoms with E-state index in [-0.39, 0.29) is 11.9 Å². The quantitative estimate of drug-likeness (QED) is 0.882. The second-order valence-electron chi connectivity index (χ2n) is 6.34. The topological polar surface area (TPSA) is 89.1 Å². The Balaban J connectivity index is 1.64. The number of rotatable bonds is 5. The summed E-state index contributed by atoms with van der Waals surface area (Å²) >= 11 is 0. The molecule has 1 amide bonds. The maximum atomic E-state index is 12.8. The number of amides is 1. The van der Waals surface area contributed by atoms with Gasteiger partial charge in [-0.25, -0.2) is 0 Å². The molecule has 1 aliphatic heterocycles. The molecule has 2 aromatic heterocycles. The van der Waals surface area contributed by atoms with Crippen LogP contribution in [-0.2, 0) is 24.9 Å². The predicted octanol–water partition coefficient (Wildman–Crippen LogP) is 1.09. The summed E-state index contributed by atoms with van der Waals surface area (Å²) in [6.07, 6.45) is 4.84. The van der Waals surface area contributed by atoms with Gasteiger partial charge in [-0.15, -0.1) is 0 Å². The number of nitrogens with zero attached hydrogens (tertiary/aromatic N) is 5. The Kier molecular flexibility index (Phi) is 4.94. The van der Waals surface area contributed by atoms with Crippen LogP contribution in [0.15, 0.2) is 10.7 Å². The Hall–Kier alpha value is -2.22. The zero-order chi connectivity index (χ0) is 17.1. The number of hydrogen-bond acceptors (Lipinski definition) is 6. The van der Waals surface area contributed by atoms with Gasteiger partial charge >= 0.3 is 0 Å². The first-order valence-corrected chi connectivity index (χ1v) is 8.33. The summed E-state index contributed by atoms with van der Waals surface area (Å²) in [5.41, 5.74) is 2.11. The first kappa shape index (κ1) is 16.6. The molecule has 0 radical (unpaired) electrons. The van der Waals surface area contributed by atoms with Crippen LogP contribution in [-0.4, -0.2) is 43.3 Å². The third-order valence-electron chi connectivity index (χ3n) is 4.33. The Labute approximate surface area is 141 Å². The van der Waals surface area contributed by atoms with Crippen molar-refractivity contribution in [3.05, 3.63) is 29.2 Å². The Morgan fingerprint density at radius 3 is 2.88 bits per heavy atom. The molecule has 8 nitrogen and oxygen atoms in total. The second-order valence-corrected chi connectivity index (χ2v) is 6.34. The van der Waals surface area contributed by atoms with E-state index in [1.807, 2.05) is 25.1 Å². The van der Waals surface area contributed by atoms with Crippen LogP contribution in [0.2, 0.25) is 0 Å². The monoisotopic (exact) mass is 332 g/mol. The van der Waals surface area contributed by atoms with Gasteiger partial charge in [-0.05, 0) is 33.1 Å². The van der Waals surface area contributed by atoms with E-state index in [2.05, 4.69) is 20.6 Å². The SMILES string of the molecule is Cc1noc(CN2CCCCC(NCc3cn(C)nc3C)C2=O)n1. The summed E-state index contributed by atoms with van der Waals surface area (Å²) in [7, 11) is 1.90. The smallest absolute Gasteiger partial charge is 0.246 e. The molecule has 130 valence electrons. The standard InChI is InChI=1S/C16H24N6O2/c1-11-13(9-21(3)19-11)8-17-14-6-4-5-7-22(16(14)23)10-15-18-12(2)20-24-15/h9,14,17H,4-8,10H2,1-3H3. The van der Waals surface area contributed by atoms with Gasteiger partial charge in [0, 0.05) is 31.9 Å². The van der Waals surface area contributed by atoms with Crippen molar-refractivity contribution in [3.63, 3.8) is 0 Å². The molecule has 0 aliphatic carbocycles. The van der Waals surface area contributed by atoms with Gasteiger partial charge in [0.25, 0.3) is 0 Å². The van der Waals surface area contributed by atoms with E-state index < -0.39 is 0 Å². The van der Waals surface area contributed by atoms with E-state index in [1.54, 1.807) is 11.6 Å². The van der Waals surface area contributed by atoms with Crippen LogP contribution in [0.25, 0.3) is 0 Å². The normalized spacial score (nSPS) is 18.9. The van der Waals surface area contributed by atoms with Crippen molar-refractivity contribution >= 4 is 5.91 Å². The molecule has 24 heavy (non-hydrogen) atoms. The van der Waals surface area contributed by atoms with Crippen molar-refractivity contribution in [1.29, 1.82) is 0 Å². The lowest BCUT2D eigenvalue weighted by molar-refractivity contribution is -0.133. The summed E-state index contributed by atoms with van der Waals surface area (Å²) in [5, 5.41) is 11.5. The van der Waals surface area contributed by atoms with E-state index in [4.69, 9.17) is 4.52 Å². The highest BCUT2D eigenvalue weighted by Crippen LogP contribution is 2.16. The number of carbonyl (C=O) groups excluding carboxylic acids is 1. The molecule has 1 aliphatic rings. The highest BCUT2D eigenvalue weighted by atomic mass is 16.5. The fourth-order valence-corrected chi connectivity index (χ4v) is 3.07. The van der Waals surface area contributed by atoms with E-state index in [0.717, 1.165) is 37.1 Å². The third-order valence-corrected chi connectivity index (χ3v) is 4.33. The lowest BCUT2D eigenvalue weighted by Crippen LogP contribution is -2.44. The summed E-state index contributed by atoms with van der Waals surface area (Å²) in [6.45, 7) is 5.51. The Bertz CT molecular complexity index is 707. The highest BCUT2D eigenvalue weighted by molar-refractivity contribution is 5.82. The summed E-state index contributed by atoms with van der Waals surface area (Å²) in [6, 6.07) is -0.184. The number of aryl methyl sites for hydroxylation is 3. The average Bonchev–Trinajstić information content (AvgIpc) is 3.03. The van der Waals surface area contributed by atoms with Gasteiger partial charge in [0.1, 0.15) is 6.54 Å². The van der Waals surface area contributed by atoms with Gasteiger partial charge in [0.2, 0.25) is 11.8 Å². The van der Waals surface area contributed by atoms with Gasteiger partial charge in [-0.1, -0.05) is 5.16 Å². The van der Waals surface area contributed by atoms with E-state index in [9.17, 15) is 4.79 Å². The molecule has 1 saturated heterocycles. The molecule has 0 aromatic carbocycles. The molecule has 0 bridgehead atoms. The van der Waals surface area contributed by atoms with E-state index >= 15 is 0 Å². The molecule has 1 atom stereocenters. The minimum atomic E-state index is -0.184. The largest absolute Gasteiger partial charge is 0.337 e. The lowest BCUT2D eigenvalue weighted by atomic mass is 10.1. The number of hydrogen-bond donors (Lipinski definition) is 1. The molecule has 3 rings (SSSR count). The molecular weight excluding hydrogens is 308 g/mol. The van der Waals surface area contributed by atoms with Crippen LogP contribution in [0.3, 0.4) is 0 Å². The maximum absolute atomic E-state index is 12.8. The average molecular weight is 332 g/mol. The van der Waals surface area contributed by atoms with Crippen LogP contribution >= 0.6 is 0 Å². The zero-order valence-electron chi connectivity index (χ0n) is 14.4. The summed E-state index contributed by atoms with van der Waals surface area (Å²) in [5.74, 6) is 1.18. The minimum absolute atomic E-state index is 0.102. The van der Waals surface area contributed by atoms with Crippen LogP contribution in [0.4, 0.5) is 0 Å². The Morgan fingerprint density at radius 1 is 1.38 bits per heavy atom. The van der Waals surface area contributed by atoms with Crippen molar-refractivity contribution < 1.29 is 9.32 Å². The van der Waals surface area contributed by atoms with Crippen LogP contribution in [0.1, 0.15) is 42.2 Å². The highest BCUT2D eigenvalue weighted by Gasteiger charge is 2.28. The van der Waals surface area contributed by atoms with Crippen LogP contribution in [0.5, 0.6) is 0 Å². The number of aromatic nitrogens is 4. The Morgan fingerprint density at radius 2 is 2.21 bits per heavy atom. The van der Waals surface area contributed by atoms with Gasteiger partial charge in [-0.2, -0.15) is 10.1 Å². The molecule has 1 N–H and O–H groups in total. The number of carbonyl (C=O) groups is 1. The fourth-order valence-electron chi connectivity index (χ4n) is 3.07. The molecule has 0 spiro atoms. The van der Waals surface area contributed by atoms with E-state index in [0.29, 0.717) is 24.8 Å². The van der Waals surface area contributed by atoms with Crippen LogP contribution < -0.4 is 5.32 Å². The first-order valence-electron chi connectivity index (χ1n) is 8.33. The number of nitrogens with one attached hydrogen (secondary N) is 1. The molecule has 1 fully saturated rings.